The van der Waals surface area contributed by atoms with Crippen molar-refractivity contribution in [1.82, 2.24) is 5.32 Å². The lowest BCUT2D eigenvalue weighted by molar-refractivity contribution is 0.291. The van der Waals surface area contributed by atoms with E-state index in [2.05, 4.69) is 19.2 Å². The van der Waals surface area contributed by atoms with Crippen molar-refractivity contribution in [1.29, 1.82) is 5.26 Å². The Bertz CT molecular complexity index is 399. The van der Waals surface area contributed by atoms with E-state index in [0.717, 1.165) is 13.0 Å². The molecule has 1 rings (SSSR count). The SMILES string of the molecule is CC(C)NCCCOc1ccc(C#N)cc1F. The molecule has 0 atom stereocenters. The van der Waals surface area contributed by atoms with Crippen LogP contribution in [0.25, 0.3) is 0 Å². The van der Waals surface area contributed by atoms with E-state index in [4.69, 9.17) is 10.00 Å². The van der Waals surface area contributed by atoms with E-state index >= 15 is 0 Å². The molecule has 0 aliphatic heterocycles. The van der Waals surface area contributed by atoms with E-state index in [9.17, 15) is 4.39 Å². The zero-order valence-electron chi connectivity index (χ0n) is 10.2. The van der Waals surface area contributed by atoms with Crippen LogP contribution in [0.15, 0.2) is 18.2 Å². The number of halogens is 1. The maximum absolute atomic E-state index is 13.4. The second-order valence-electron chi connectivity index (χ2n) is 4.07. The lowest BCUT2D eigenvalue weighted by Crippen LogP contribution is -2.24. The van der Waals surface area contributed by atoms with Gasteiger partial charge >= 0.3 is 0 Å². The minimum Gasteiger partial charge on any atom is -0.490 e. The van der Waals surface area contributed by atoms with Crippen LogP contribution in [0.3, 0.4) is 0 Å². The molecule has 1 aromatic carbocycles. The molecule has 1 aromatic rings. The van der Waals surface area contributed by atoms with Gasteiger partial charge in [0.05, 0.1) is 18.2 Å². The summed E-state index contributed by atoms with van der Waals surface area (Å²) in [4.78, 5) is 0. The molecule has 0 radical (unpaired) electrons. The van der Waals surface area contributed by atoms with Gasteiger partial charge in [0.1, 0.15) is 0 Å². The highest BCUT2D eigenvalue weighted by molar-refractivity contribution is 5.35. The molecule has 3 nitrogen and oxygen atoms in total. The number of nitrogens with zero attached hydrogens (tertiary/aromatic N) is 1. The number of hydrogen-bond donors (Lipinski definition) is 1. The molecule has 0 unspecified atom stereocenters. The van der Waals surface area contributed by atoms with Crippen molar-refractivity contribution in [3.8, 4) is 11.8 Å². The minimum absolute atomic E-state index is 0.202. The zero-order valence-corrected chi connectivity index (χ0v) is 10.2. The van der Waals surface area contributed by atoms with Crippen LogP contribution < -0.4 is 10.1 Å². The first-order valence-electron chi connectivity index (χ1n) is 5.69. The van der Waals surface area contributed by atoms with Gasteiger partial charge in [0, 0.05) is 6.04 Å². The Morgan fingerprint density at radius 2 is 2.24 bits per heavy atom. The fourth-order valence-corrected chi connectivity index (χ4v) is 1.33. The summed E-state index contributed by atoms with van der Waals surface area (Å²) >= 11 is 0. The van der Waals surface area contributed by atoms with Crippen molar-refractivity contribution in [3.63, 3.8) is 0 Å². The molecule has 1 N–H and O–H groups in total. The standard InChI is InChI=1S/C13H17FN2O/c1-10(2)16-6-3-7-17-13-5-4-11(9-15)8-12(13)14/h4-5,8,10,16H,3,6-7H2,1-2H3. The third-order valence-corrected chi connectivity index (χ3v) is 2.19. The molecule has 0 saturated carbocycles. The zero-order chi connectivity index (χ0) is 12.7. The Morgan fingerprint density at radius 1 is 1.47 bits per heavy atom. The maximum atomic E-state index is 13.4. The molecule has 0 spiro atoms. The summed E-state index contributed by atoms with van der Waals surface area (Å²) in [5.41, 5.74) is 0.302. The van der Waals surface area contributed by atoms with Gasteiger partial charge in [-0.15, -0.1) is 0 Å². The summed E-state index contributed by atoms with van der Waals surface area (Å²) < 4.78 is 18.7. The van der Waals surface area contributed by atoms with Crippen LogP contribution in [-0.2, 0) is 0 Å². The number of rotatable bonds is 6. The van der Waals surface area contributed by atoms with Gasteiger partial charge in [-0.25, -0.2) is 4.39 Å². The van der Waals surface area contributed by atoms with E-state index in [1.165, 1.54) is 12.1 Å². The van der Waals surface area contributed by atoms with Crippen molar-refractivity contribution in [2.45, 2.75) is 26.3 Å². The Morgan fingerprint density at radius 3 is 2.82 bits per heavy atom. The molecular weight excluding hydrogens is 219 g/mol. The van der Waals surface area contributed by atoms with Gasteiger partial charge in [-0.05, 0) is 31.2 Å². The Kier molecular flexibility index (Phi) is 5.44. The summed E-state index contributed by atoms with van der Waals surface area (Å²) in [6.45, 7) is 5.44. The fraction of sp³-hybridized carbons (Fsp3) is 0.462. The maximum Gasteiger partial charge on any atom is 0.166 e. The highest BCUT2D eigenvalue weighted by Gasteiger charge is 2.04. The summed E-state index contributed by atoms with van der Waals surface area (Å²) in [5.74, 6) is -0.283. The molecule has 0 fully saturated rings. The van der Waals surface area contributed by atoms with E-state index in [-0.39, 0.29) is 5.75 Å². The van der Waals surface area contributed by atoms with Gasteiger partial charge in [-0.3, -0.25) is 0 Å². The first-order valence-corrected chi connectivity index (χ1v) is 5.69. The van der Waals surface area contributed by atoms with Gasteiger partial charge in [0.25, 0.3) is 0 Å². The molecule has 0 heterocycles. The first kappa shape index (κ1) is 13.5. The van der Waals surface area contributed by atoms with Crippen LogP contribution >= 0.6 is 0 Å². The van der Waals surface area contributed by atoms with Crippen LogP contribution in [0.5, 0.6) is 5.75 Å². The summed E-state index contributed by atoms with van der Waals surface area (Å²) in [6, 6.07) is 6.54. The average molecular weight is 236 g/mol. The van der Waals surface area contributed by atoms with Gasteiger partial charge < -0.3 is 10.1 Å². The summed E-state index contributed by atoms with van der Waals surface area (Å²) in [5, 5.41) is 11.8. The molecule has 0 bridgehead atoms. The van der Waals surface area contributed by atoms with E-state index in [0.29, 0.717) is 18.2 Å². The molecule has 0 amide bonds. The van der Waals surface area contributed by atoms with Crippen LogP contribution in [-0.4, -0.2) is 19.2 Å². The molecule has 0 aromatic heterocycles. The van der Waals surface area contributed by atoms with Crippen molar-refractivity contribution < 1.29 is 9.13 Å². The largest absolute Gasteiger partial charge is 0.490 e. The van der Waals surface area contributed by atoms with Gasteiger partial charge in [0.2, 0.25) is 0 Å². The average Bonchev–Trinajstić information content (AvgIpc) is 2.30. The first-order chi connectivity index (χ1) is 8.13. The van der Waals surface area contributed by atoms with E-state index in [1.54, 1.807) is 6.07 Å². The predicted molar refractivity (Wildman–Crippen MR) is 64.4 cm³/mol. The van der Waals surface area contributed by atoms with Crippen molar-refractivity contribution in [2.75, 3.05) is 13.2 Å². The molecule has 17 heavy (non-hydrogen) atoms. The highest BCUT2D eigenvalue weighted by atomic mass is 19.1. The van der Waals surface area contributed by atoms with Crippen LogP contribution in [0.2, 0.25) is 0 Å². The van der Waals surface area contributed by atoms with Gasteiger partial charge in [0.15, 0.2) is 11.6 Å². The Labute approximate surface area is 101 Å². The van der Waals surface area contributed by atoms with Crippen molar-refractivity contribution in [2.24, 2.45) is 0 Å². The van der Waals surface area contributed by atoms with Crippen LogP contribution in [0.1, 0.15) is 25.8 Å². The van der Waals surface area contributed by atoms with E-state index in [1.807, 2.05) is 6.07 Å². The molecular formula is C13H17FN2O. The second-order valence-corrected chi connectivity index (χ2v) is 4.07. The van der Waals surface area contributed by atoms with Crippen LogP contribution in [0, 0.1) is 17.1 Å². The number of ether oxygens (including phenoxy) is 1. The topological polar surface area (TPSA) is 45.0 Å². The Hall–Kier alpha value is -1.60. The number of nitrogens with one attached hydrogen (secondary N) is 1. The van der Waals surface area contributed by atoms with E-state index < -0.39 is 5.82 Å². The molecule has 0 aliphatic rings. The van der Waals surface area contributed by atoms with Crippen molar-refractivity contribution in [3.05, 3.63) is 29.6 Å². The van der Waals surface area contributed by atoms with Crippen molar-refractivity contribution >= 4 is 0 Å². The predicted octanol–water partition coefficient (Wildman–Crippen LogP) is 2.46. The summed E-state index contributed by atoms with van der Waals surface area (Å²) in [6.07, 6.45) is 0.817. The second kappa shape index (κ2) is 6.87. The fourth-order valence-electron chi connectivity index (χ4n) is 1.33. The summed E-state index contributed by atoms with van der Waals surface area (Å²) in [7, 11) is 0. The lowest BCUT2D eigenvalue weighted by atomic mass is 10.2. The normalized spacial score (nSPS) is 10.3. The molecule has 4 heteroatoms. The molecule has 0 aliphatic carbocycles. The quantitative estimate of drug-likeness (QED) is 0.772. The van der Waals surface area contributed by atoms with Crippen LogP contribution in [0.4, 0.5) is 4.39 Å². The minimum atomic E-state index is -0.485. The third kappa shape index (κ3) is 4.83. The number of benzene rings is 1. The van der Waals surface area contributed by atoms with Gasteiger partial charge in [-0.2, -0.15) is 5.26 Å². The highest BCUT2D eigenvalue weighted by Crippen LogP contribution is 2.17. The lowest BCUT2D eigenvalue weighted by Gasteiger charge is -2.09. The number of hydrogen-bond acceptors (Lipinski definition) is 3. The smallest absolute Gasteiger partial charge is 0.166 e. The molecule has 0 saturated heterocycles. The molecule has 92 valence electrons. The Balaban J connectivity index is 2.35. The monoisotopic (exact) mass is 236 g/mol. The van der Waals surface area contributed by atoms with Gasteiger partial charge in [-0.1, -0.05) is 13.8 Å². The number of nitriles is 1. The third-order valence-electron chi connectivity index (χ3n) is 2.19.